The summed E-state index contributed by atoms with van der Waals surface area (Å²) in [5.74, 6) is 7.63. The highest BCUT2D eigenvalue weighted by Gasteiger charge is 2.11. The minimum Gasteiger partial charge on any atom is -0.491 e. The van der Waals surface area contributed by atoms with Crippen LogP contribution >= 0.6 is 0 Å². The van der Waals surface area contributed by atoms with E-state index in [1.807, 2.05) is 16.7 Å². The van der Waals surface area contributed by atoms with Gasteiger partial charge in [-0.3, -0.25) is 0 Å². The molecule has 2 aromatic heterocycles. The van der Waals surface area contributed by atoms with Gasteiger partial charge >= 0.3 is 0 Å². The third-order valence-corrected chi connectivity index (χ3v) is 4.34. The second-order valence-corrected chi connectivity index (χ2v) is 7.00. The van der Waals surface area contributed by atoms with Gasteiger partial charge in [0.25, 0.3) is 0 Å². The second-order valence-electron chi connectivity index (χ2n) is 7.00. The molecule has 0 radical (unpaired) electrons. The fourth-order valence-electron chi connectivity index (χ4n) is 2.83. The number of hydrogen-bond donors (Lipinski definition) is 4. The quantitative estimate of drug-likeness (QED) is 0.275. The molecule has 31 heavy (non-hydrogen) atoms. The lowest BCUT2D eigenvalue weighted by molar-refractivity contribution is 0.107. The molecule has 0 bridgehead atoms. The third kappa shape index (κ3) is 6.94. The van der Waals surface area contributed by atoms with Crippen molar-refractivity contribution in [3.63, 3.8) is 0 Å². The van der Waals surface area contributed by atoms with Gasteiger partial charge in [-0.2, -0.15) is 0 Å². The Kier molecular flexibility index (Phi) is 8.20. The Morgan fingerprint density at radius 3 is 2.81 bits per heavy atom. The summed E-state index contributed by atoms with van der Waals surface area (Å²) in [4.78, 5) is 4.14. The van der Waals surface area contributed by atoms with Crippen molar-refractivity contribution in [2.45, 2.75) is 25.7 Å². The molecule has 9 nitrogen and oxygen atoms in total. The Morgan fingerprint density at radius 1 is 1.26 bits per heavy atom. The number of nitrogens with zero attached hydrogens (tertiary/aromatic N) is 3. The molecular formula is C22H27N5O4. The zero-order chi connectivity index (χ0) is 22.1. The molecule has 3 rings (SSSR count). The van der Waals surface area contributed by atoms with Crippen molar-refractivity contribution < 1.29 is 19.5 Å². The second kappa shape index (κ2) is 11.3. The summed E-state index contributed by atoms with van der Waals surface area (Å²) in [5, 5.41) is 26.6. The highest BCUT2D eigenvalue weighted by atomic mass is 16.5. The molecule has 0 saturated carbocycles. The molecule has 0 spiro atoms. The highest BCUT2D eigenvalue weighted by Crippen LogP contribution is 2.14. The Hall–Kier alpha value is -3.16. The third-order valence-electron chi connectivity index (χ3n) is 4.34. The van der Waals surface area contributed by atoms with Crippen LogP contribution in [0, 0.1) is 11.8 Å². The molecule has 0 saturated heterocycles. The molecule has 2 atom stereocenters. The first-order chi connectivity index (χ1) is 15.0. The molecule has 0 aliphatic heterocycles. The van der Waals surface area contributed by atoms with E-state index in [1.54, 1.807) is 37.5 Å². The summed E-state index contributed by atoms with van der Waals surface area (Å²) in [7, 11) is 0. The average molecular weight is 425 g/mol. The van der Waals surface area contributed by atoms with Crippen LogP contribution < -0.4 is 15.8 Å². The number of imidazole rings is 1. The molecule has 0 amide bonds. The maximum absolute atomic E-state index is 9.84. The van der Waals surface area contributed by atoms with Crippen molar-refractivity contribution in [3.05, 3.63) is 65.6 Å². The van der Waals surface area contributed by atoms with Gasteiger partial charge in [-0.05, 0) is 37.1 Å². The van der Waals surface area contributed by atoms with Crippen molar-refractivity contribution in [2.24, 2.45) is 5.73 Å². The molecule has 2 heterocycles. The van der Waals surface area contributed by atoms with Crippen LogP contribution in [0.2, 0.25) is 0 Å². The van der Waals surface area contributed by atoms with E-state index in [1.165, 1.54) is 0 Å². The van der Waals surface area contributed by atoms with Crippen molar-refractivity contribution in [1.29, 1.82) is 0 Å². The Morgan fingerprint density at radius 2 is 2.06 bits per heavy atom. The topological polar surface area (TPSA) is 132 Å². The van der Waals surface area contributed by atoms with Crippen LogP contribution in [0.4, 0.5) is 0 Å². The Labute approximate surface area is 180 Å². The molecular weight excluding hydrogens is 398 g/mol. The zero-order valence-corrected chi connectivity index (χ0v) is 17.4. The van der Waals surface area contributed by atoms with Crippen LogP contribution in [0.15, 0.2) is 47.2 Å². The Bertz CT molecular complexity index is 1000. The number of nitrogens with two attached hydrogens (primary N) is 1. The number of aliphatic hydroxyl groups is 2. The van der Waals surface area contributed by atoms with E-state index in [9.17, 15) is 10.2 Å². The molecule has 9 heteroatoms. The van der Waals surface area contributed by atoms with Gasteiger partial charge in [-0.25, -0.2) is 4.98 Å². The van der Waals surface area contributed by atoms with Crippen LogP contribution in [0.3, 0.4) is 0 Å². The maximum Gasteiger partial charge on any atom is 0.210 e. The summed E-state index contributed by atoms with van der Waals surface area (Å²) in [6, 6.07) is 9.02. The first-order valence-corrected chi connectivity index (χ1v) is 10.0. The SMILES string of the molecule is C[C@H](O)c1nccn1Cc1cc(C#Cc2ccc(OCC(O)CNCCN)cc2)on1. The summed E-state index contributed by atoms with van der Waals surface area (Å²) < 4.78 is 12.7. The lowest BCUT2D eigenvalue weighted by atomic mass is 10.2. The van der Waals surface area contributed by atoms with Crippen LogP contribution in [0.1, 0.15) is 35.9 Å². The van der Waals surface area contributed by atoms with Gasteiger partial charge in [0.1, 0.15) is 36.1 Å². The van der Waals surface area contributed by atoms with Crippen LogP contribution in [-0.4, -0.2) is 57.3 Å². The lowest BCUT2D eigenvalue weighted by Gasteiger charge is -2.12. The van der Waals surface area contributed by atoms with E-state index >= 15 is 0 Å². The van der Waals surface area contributed by atoms with E-state index in [0.29, 0.717) is 49.2 Å². The largest absolute Gasteiger partial charge is 0.491 e. The van der Waals surface area contributed by atoms with Gasteiger partial charge in [-0.1, -0.05) is 11.1 Å². The lowest BCUT2D eigenvalue weighted by Crippen LogP contribution is -2.34. The van der Waals surface area contributed by atoms with Crippen LogP contribution in [-0.2, 0) is 6.54 Å². The van der Waals surface area contributed by atoms with E-state index in [0.717, 1.165) is 5.56 Å². The van der Waals surface area contributed by atoms with Crippen LogP contribution in [0.25, 0.3) is 0 Å². The van der Waals surface area contributed by atoms with Gasteiger partial charge in [0.05, 0.1) is 6.54 Å². The monoisotopic (exact) mass is 425 g/mol. The minimum absolute atomic E-state index is 0.192. The van der Waals surface area contributed by atoms with E-state index in [2.05, 4.69) is 27.3 Å². The smallest absolute Gasteiger partial charge is 0.210 e. The Balaban J connectivity index is 1.52. The number of rotatable bonds is 10. The molecule has 1 unspecified atom stereocenters. The van der Waals surface area contributed by atoms with Crippen molar-refractivity contribution >= 4 is 0 Å². The van der Waals surface area contributed by atoms with Gasteiger partial charge in [0.15, 0.2) is 0 Å². The van der Waals surface area contributed by atoms with Crippen molar-refractivity contribution in [1.82, 2.24) is 20.0 Å². The number of benzene rings is 1. The molecule has 5 N–H and O–H groups in total. The molecule has 0 fully saturated rings. The molecule has 0 aliphatic rings. The first-order valence-electron chi connectivity index (χ1n) is 10.0. The number of ether oxygens (including phenoxy) is 1. The zero-order valence-electron chi connectivity index (χ0n) is 17.4. The number of aromatic nitrogens is 3. The van der Waals surface area contributed by atoms with Crippen LogP contribution in [0.5, 0.6) is 5.75 Å². The van der Waals surface area contributed by atoms with Gasteiger partial charge in [0.2, 0.25) is 5.76 Å². The summed E-state index contributed by atoms with van der Waals surface area (Å²) >= 11 is 0. The maximum atomic E-state index is 9.84. The normalized spacial score (nSPS) is 12.8. The molecule has 0 aliphatic carbocycles. The predicted octanol–water partition coefficient (Wildman–Crippen LogP) is 0.660. The van der Waals surface area contributed by atoms with Gasteiger partial charge in [0, 0.05) is 43.7 Å². The minimum atomic E-state index is -0.663. The molecule has 3 aromatic rings. The van der Waals surface area contributed by atoms with Gasteiger partial charge in [-0.15, -0.1) is 0 Å². The van der Waals surface area contributed by atoms with E-state index in [-0.39, 0.29) is 6.61 Å². The number of hydrogen-bond acceptors (Lipinski definition) is 8. The summed E-state index contributed by atoms with van der Waals surface area (Å²) in [6.07, 6.45) is 2.15. The first kappa shape index (κ1) is 22.5. The van der Waals surface area contributed by atoms with E-state index in [4.69, 9.17) is 15.0 Å². The molecule has 164 valence electrons. The van der Waals surface area contributed by atoms with Crippen molar-refractivity contribution in [2.75, 3.05) is 26.2 Å². The summed E-state index contributed by atoms with van der Waals surface area (Å²) in [5.41, 5.74) is 6.87. The fraction of sp³-hybridized carbons (Fsp3) is 0.364. The summed E-state index contributed by atoms with van der Waals surface area (Å²) in [6.45, 7) is 3.91. The van der Waals surface area contributed by atoms with Gasteiger partial charge < -0.3 is 35.1 Å². The molecule has 1 aromatic carbocycles. The number of nitrogens with one attached hydrogen (secondary N) is 1. The van der Waals surface area contributed by atoms with E-state index < -0.39 is 12.2 Å². The van der Waals surface area contributed by atoms with Crippen molar-refractivity contribution in [3.8, 4) is 17.6 Å². The fourth-order valence-corrected chi connectivity index (χ4v) is 2.83. The number of aliphatic hydroxyl groups excluding tert-OH is 2. The average Bonchev–Trinajstić information content (AvgIpc) is 3.41. The predicted molar refractivity (Wildman–Crippen MR) is 114 cm³/mol. The highest BCUT2D eigenvalue weighted by molar-refractivity contribution is 5.41. The standard InChI is InChI=1S/C22H27N5O4/c1-16(28)22-25-10-11-27(22)14-18-12-21(31-26-18)7-4-17-2-5-20(6-3-17)30-15-19(29)13-24-9-8-23/h2-3,5-6,10-12,16,19,24,28-29H,8-9,13-15,23H2,1H3/t16-,19?/m0/s1.